The van der Waals surface area contributed by atoms with E-state index in [1.165, 1.54) is 6.07 Å². The summed E-state index contributed by atoms with van der Waals surface area (Å²) in [5, 5.41) is 12.5. The number of hydrogen-bond donors (Lipinski definition) is 1. The van der Waals surface area contributed by atoms with E-state index in [9.17, 15) is 18.0 Å². The molecule has 1 N–H and O–H groups in total. The van der Waals surface area contributed by atoms with E-state index in [0.717, 1.165) is 55.3 Å². The van der Waals surface area contributed by atoms with E-state index in [2.05, 4.69) is 15.2 Å². The Labute approximate surface area is 237 Å². The number of piperazine rings is 1. The van der Waals surface area contributed by atoms with Gasteiger partial charge < -0.3 is 15.0 Å². The normalized spacial score (nSPS) is 17.7. The fourth-order valence-corrected chi connectivity index (χ4v) is 5.18. The quantitative estimate of drug-likeness (QED) is 0.487. The lowest BCUT2D eigenvalue weighted by molar-refractivity contribution is -0.137. The number of carbonyl (C=O) groups excluding carboxylic acids is 1. The Morgan fingerprint density at radius 3 is 2.51 bits per heavy atom. The zero-order valence-electron chi connectivity index (χ0n) is 21.8. The van der Waals surface area contributed by atoms with E-state index in [1.807, 2.05) is 13.0 Å². The highest BCUT2D eigenvalue weighted by molar-refractivity contribution is 7.81. The van der Waals surface area contributed by atoms with Crippen LogP contribution in [0.4, 0.5) is 24.5 Å². The summed E-state index contributed by atoms with van der Waals surface area (Å²) in [6, 6.07) is 6.53. The fraction of sp³-hybridized carbons (Fsp3) is 0.462. The van der Waals surface area contributed by atoms with E-state index in [1.54, 1.807) is 31.0 Å². The average Bonchev–Trinajstić information content (AvgIpc) is 3.07. The van der Waals surface area contributed by atoms with Crippen LogP contribution >= 0.6 is 24.6 Å². The standard InChI is InChI=1S/C26H29F3N6O2S.ClH/c1-4-17-13-20(16-32-22(17)37-12-11-33-9-7-31-8-10-33)35-24(38)34(23(36)25(35,2)3)19-6-5-18(15-30)21(14-19)26(27,28)29;/h5-6,13-14,16,31H,4,7-12H2,1-3H3;1H. The number of aryl methyl sites for hydroxylation is 1. The van der Waals surface area contributed by atoms with Crippen LogP contribution < -0.4 is 19.9 Å². The van der Waals surface area contributed by atoms with Crippen LogP contribution in [-0.2, 0) is 17.4 Å². The molecule has 0 aliphatic carbocycles. The summed E-state index contributed by atoms with van der Waals surface area (Å²) >= 11 is 5.62. The number of alkyl halides is 3. The lowest BCUT2D eigenvalue weighted by Gasteiger charge is -2.30. The molecule has 2 aliphatic heterocycles. The maximum Gasteiger partial charge on any atom is 0.417 e. The highest BCUT2D eigenvalue weighted by atomic mass is 35.5. The van der Waals surface area contributed by atoms with E-state index in [-0.39, 0.29) is 23.2 Å². The van der Waals surface area contributed by atoms with Gasteiger partial charge in [-0.2, -0.15) is 18.4 Å². The number of ether oxygens (including phenoxy) is 1. The Morgan fingerprint density at radius 1 is 1.21 bits per heavy atom. The summed E-state index contributed by atoms with van der Waals surface area (Å²) in [7, 11) is 0. The van der Waals surface area contributed by atoms with Crippen molar-refractivity contribution >= 4 is 47.0 Å². The van der Waals surface area contributed by atoms with Crippen LogP contribution in [0.25, 0.3) is 0 Å². The number of rotatable bonds is 7. The predicted molar refractivity (Wildman–Crippen MR) is 148 cm³/mol. The van der Waals surface area contributed by atoms with Crippen molar-refractivity contribution in [1.82, 2.24) is 15.2 Å². The third-order valence-electron chi connectivity index (χ3n) is 6.76. The van der Waals surface area contributed by atoms with Crippen molar-refractivity contribution in [1.29, 1.82) is 5.26 Å². The first-order valence-corrected chi connectivity index (χ1v) is 12.7. The Hall–Kier alpha value is -2.98. The summed E-state index contributed by atoms with van der Waals surface area (Å²) in [4.78, 5) is 22.9. The molecule has 2 aromatic rings. The second kappa shape index (κ2) is 12.0. The van der Waals surface area contributed by atoms with Gasteiger partial charge in [-0.25, -0.2) is 4.98 Å². The van der Waals surface area contributed by atoms with Crippen LogP contribution in [0.15, 0.2) is 30.5 Å². The van der Waals surface area contributed by atoms with Gasteiger partial charge in [-0.3, -0.25) is 14.6 Å². The van der Waals surface area contributed by atoms with Crippen molar-refractivity contribution in [3.05, 3.63) is 47.2 Å². The third kappa shape index (κ3) is 6.11. The van der Waals surface area contributed by atoms with Crippen molar-refractivity contribution in [3.63, 3.8) is 0 Å². The van der Waals surface area contributed by atoms with Crippen molar-refractivity contribution in [2.45, 2.75) is 38.9 Å². The van der Waals surface area contributed by atoms with Crippen LogP contribution in [0.5, 0.6) is 5.88 Å². The molecule has 2 saturated heterocycles. The molecule has 1 aromatic heterocycles. The van der Waals surface area contributed by atoms with Gasteiger partial charge in [0, 0.05) is 38.3 Å². The number of amides is 1. The van der Waals surface area contributed by atoms with Gasteiger partial charge in [-0.1, -0.05) is 6.92 Å². The number of pyridine rings is 1. The number of nitrogens with zero attached hydrogens (tertiary/aromatic N) is 5. The van der Waals surface area contributed by atoms with Crippen LogP contribution in [0.3, 0.4) is 0 Å². The van der Waals surface area contributed by atoms with Crippen LogP contribution in [0.2, 0.25) is 0 Å². The van der Waals surface area contributed by atoms with Gasteiger partial charge in [0.05, 0.1) is 34.8 Å². The number of nitrogens with one attached hydrogen (secondary N) is 1. The van der Waals surface area contributed by atoms with Gasteiger partial charge in [0.25, 0.3) is 5.91 Å². The molecule has 4 rings (SSSR count). The maximum absolute atomic E-state index is 13.6. The maximum atomic E-state index is 13.6. The van der Waals surface area contributed by atoms with E-state index >= 15 is 0 Å². The summed E-state index contributed by atoms with van der Waals surface area (Å²) in [6.07, 6.45) is -2.58. The number of aromatic nitrogens is 1. The zero-order valence-corrected chi connectivity index (χ0v) is 23.5. The van der Waals surface area contributed by atoms with Crippen LogP contribution in [0.1, 0.15) is 37.5 Å². The van der Waals surface area contributed by atoms with Gasteiger partial charge in [0.2, 0.25) is 5.88 Å². The number of benzene rings is 1. The minimum atomic E-state index is -4.76. The molecule has 13 heteroatoms. The first-order chi connectivity index (χ1) is 18.0. The largest absolute Gasteiger partial charge is 0.476 e. The number of halogens is 4. The molecule has 210 valence electrons. The second-order valence-electron chi connectivity index (χ2n) is 9.61. The smallest absolute Gasteiger partial charge is 0.417 e. The Bertz CT molecular complexity index is 1280. The highest BCUT2D eigenvalue weighted by Crippen LogP contribution is 2.40. The van der Waals surface area contributed by atoms with Gasteiger partial charge in [-0.05, 0) is 56.8 Å². The molecule has 2 fully saturated rings. The van der Waals surface area contributed by atoms with E-state index in [4.69, 9.17) is 22.2 Å². The van der Waals surface area contributed by atoms with Crippen LogP contribution in [-0.4, -0.2) is 65.8 Å². The molecule has 3 heterocycles. The Balaban J connectivity index is 0.00000420. The van der Waals surface area contributed by atoms with Gasteiger partial charge >= 0.3 is 6.18 Å². The first kappa shape index (κ1) is 30.6. The molecule has 0 atom stereocenters. The lowest BCUT2D eigenvalue weighted by Crippen LogP contribution is -2.45. The molecule has 0 unspecified atom stereocenters. The molecular weight excluding hydrogens is 553 g/mol. The zero-order chi connectivity index (χ0) is 27.7. The number of hydrogen-bond acceptors (Lipinski definition) is 7. The number of thiocarbonyl (C=S) groups is 1. The molecular formula is C26H30ClF3N6O2S. The molecule has 0 saturated carbocycles. The lowest BCUT2D eigenvalue weighted by atomic mass is 10.0. The molecule has 39 heavy (non-hydrogen) atoms. The topological polar surface area (TPSA) is 84.7 Å². The van der Waals surface area contributed by atoms with Crippen molar-refractivity contribution in [3.8, 4) is 11.9 Å². The van der Waals surface area contributed by atoms with E-state index in [0.29, 0.717) is 24.6 Å². The molecule has 0 bridgehead atoms. The van der Waals surface area contributed by atoms with Gasteiger partial charge in [0.1, 0.15) is 12.1 Å². The van der Waals surface area contributed by atoms with Crippen molar-refractivity contribution in [2.24, 2.45) is 0 Å². The molecule has 1 amide bonds. The number of carbonyl (C=O) groups is 1. The minimum absolute atomic E-state index is 0. The third-order valence-corrected chi connectivity index (χ3v) is 7.13. The van der Waals surface area contributed by atoms with Crippen molar-refractivity contribution in [2.75, 3.05) is 49.1 Å². The number of nitriles is 1. The molecule has 1 aromatic carbocycles. The Kier molecular flexibility index (Phi) is 9.43. The molecule has 0 radical (unpaired) electrons. The minimum Gasteiger partial charge on any atom is -0.476 e. The highest BCUT2D eigenvalue weighted by Gasteiger charge is 2.51. The summed E-state index contributed by atoms with van der Waals surface area (Å²) in [5.41, 5.74) is -1.54. The summed E-state index contributed by atoms with van der Waals surface area (Å²) < 4.78 is 46.7. The van der Waals surface area contributed by atoms with Gasteiger partial charge in [-0.15, -0.1) is 12.4 Å². The number of anilines is 2. The molecule has 2 aliphatic rings. The van der Waals surface area contributed by atoms with Crippen molar-refractivity contribution < 1.29 is 22.7 Å². The SMILES string of the molecule is CCc1cc(N2C(=S)N(c3ccc(C#N)c(C(F)(F)F)c3)C(=O)C2(C)C)cnc1OCCN1CCNCC1.Cl. The fourth-order valence-electron chi connectivity index (χ4n) is 4.66. The van der Waals surface area contributed by atoms with E-state index < -0.39 is 28.7 Å². The Morgan fingerprint density at radius 2 is 1.90 bits per heavy atom. The average molecular weight is 583 g/mol. The summed E-state index contributed by atoms with van der Waals surface area (Å²) in [5.74, 6) is 0.00845. The van der Waals surface area contributed by atoms with Gasteiger partial charge in [0.15, 0.2) is 5.11 Å². The molecule has 8 nitrogen and oxygen atoms in total. The second-order valence-corrected chi connectivity index (χ2v) is 9.97. The monoisotopic (exact) mass is 582 g/mol. The predicted octanol–water partition coefficient (Wildman–Crippen LogP) is 4.16. The summed E-state index contributed by atoms with van der Waals surface area (Å²) in [6.45, 7) is 10.4. The molecule has 0 spiro atoms. The van der Waals surface area contributed by atoms with Crippen LogP contribution in [0, 0.1) is 11.3 Å². The first-order valence-electron chi connectivity index (χ1n) is 12.3.